The Kier molecular flexibility index (Phi) is 3.81. The number of benzene rings is 1. The first kappa shape index (κ1) is 15.6. The Balaban J connectivity index is 1.99. The number of pyridine rings is 2. The molecule has 0 unspecified atom stereocenters. The van der Waals surface area contributed by atoms with Crippen molar-refractivity contribution in [2.75, 3.05) is 0 Å². The maximum Gasteiger partial charge on any atom is 0.147 e. The molecule has 3 heterocycles. The molecule has 1 aromatic carbocycles. The van der Waals surface area contributed by atoms with Gasteiger partial charge in [-0.3, -0.25) is 9.97 Å². The fourth-order valence-electron chi connectivity index (χ4n) is 3.45. The van der Waals surface area contributed by atoms with E-state index in [2.05, 4.69) is 24.6 Å². The molecule has 0 aliphatic heterocycles. The van der Waals surface area contributed by atoms with E-state index in [0.29, 0.717) is 5.69 Å². The zero-order chi connectivity index (χ0) is 21.0. The molecule has 4 heteroatoms. The number of fused-ring (bicyclic) bond motifs is 3. The first-order valence-electron chi connectivity index (χ1n) is 10.4. The van der Waals surface area contributed by atoms with Crippen molar-refractivity contribution in [1.29, 1.82) is 0 Å². The maximum absolute atomic E-state index is 8.77. The molecular weight excluding hydrogens is 348 g/mol. The van der Waals surface area contributed by atoms with Crippen molar-refractivity contribution in [3.8, 4) is 11.3 Å². The topological polar surface area (TPSA) is 38.9 Å². The second kappa shape index (κ2) is 6.61. The van der Waals surface area contributed by atoms with Gasteiger partial charge in [0.15, 0.2) is 0 Å². The highest BCUT2D eigenvalue weighted by atomic mass is 28.3. The van der Waals surface area contributed by atoms with Crippen LogP contribution in [0.2, 0.25) is 19.6 Å². The van der Waals surface area contributed by atoms with Crippen molar-refractivity contribution < 1.29 is 7.16 Å². The second-order valence-corrected chi connectivity index (χ2v) is 13.4. The zero-order valence-corrected chi connectivity index (χ0v) is 17.5. The van der Waals surface area contributed by atoms with Crippen LogP contribution in [0.15, 0.2) is 53.3 Å². The summed E-state index contributed by atoms with van der Waals surface area (Å²) in [5, 5.41) is 3.03. The summed E-state index contributed by atoms with van der Waals surface area (Å²) in [6.07, 6.45) is 4.01. The van der Waals surface area contributed by atoms with E-state index in [1.54, 1.807) is 6.20 Å². The van der Waals surface area contributed by atoms with Gasteiger partial charge in [-0.15, -0.1) is 0 Å². The molecule has 0 atom stereocenters. The zero-order valence-electron chi connectivity index (χ0n) is 18.5. The Labute approximate surface area is 164 Å². The van der Waals surface area contributed by atoms with Crippen LogP contribution in [0, 0.1) is 5.92 Å². The van der Waals surface area contributed by atoms with Crippen molar-refractivity contribution in [3.63, 3.8) is 0 Å². The summed E-state index contributed by atoms with van der Waals surface area (Å²) < 4.78 is 23.7. The number of furan rings is 1. The molecule has 4 aromatic rings. The van der Waals surface area contributed by atoms with Crippen molar-refractivity contribution >= 4 is 35.2 Å². The van der Waals surface area contributed by atoms with Gasteiger partial charge in [0.05, 0.1) is 19.3 Å². The number of hydrogen-bond donors (Lipinski definition) is 0. The van der Waals surface area contributed by atoms with Crippen LogP contribution < -0.4 is 5.19 Å². The minimum Gasteiger partial charge on any atom is -0.455 e. The Morgan fingerprint density at radius 2 is 1.85 bits per heavy atom. The molecule has 0 saturated heterocycles. The molecule has 138 valence electrons. The summed E-state index contributed by atoms with van der Waals surface area (Å²) in [6, 6.07) is 9.83. The van der Waals surface area contributed by atoms with Crippen molar-refractivity contribution in [2.24, 2.45) is 5.92 Å². The summed E-state index contributed by atoms with van der Waals surface area (Å²) in [5.74, 6) is -0.145. The van der Waals surface area contributed by atoms with Gasteiger partial charge in [0, 0.05) is 32.1 Å². The summed E-state index contributed by atoms with van der Waals surface area (Å²) in [6.45, 7) is 10.5. The molecule has 0 spiro atoms. The minimum absolute atomic E-state index is 0.145. The molecule has 0 bridgehead atoms. The van der Waals surface area contributed by atoms with Gasteiger partial charge in [0.25, 0.3) is 0 Å². The molecule has 0 aliphatic rings. The van der Waals surface area contributed by atoms with E-state index in [4.69, 9.17) is 12.1 Å². The molecule has 0 saturated carbocycles. The van der Waals surface area contributed by atoms with E-state index < -0.39 is 14.4 Å². The molecule has 0 fully saturated rings. The third-order valence-electron chi connectivity index (χ3n) is 4.72. The first-order valence-corrected chi connectivity index (χ1v) is 12.9. The van der Waals surface area contributed by atoms with E-state index in [0.717, 1.165) is 38.3 Å². The van der Waals surface area contributed by atoms with Crippen LogP contribution in [0.3, 0.4) is 0 Å². The smallest absolute Gasteiger partial charge is 0.147 e. The van der Waals surface area contributed by atoms with Gasteiger partial charge in [0.2, 0.25) is 0 Å². The Hall–Kier alpha value is -2.46. The molecule has 4 rings (SSSR count). The largest absolute Gasteiger partial charge is 0.455 e. The normalized spacial score (nSPS) is 14.0. The molecule has 3 nitrogen and oxygen atoms in total. The van der Waals surface area contributed by atoms with Crippen LogP contribution in [0.1, 0.15) is 22.2 Å². The average Bonchev–Trinajstić information content (AvgIpc) is 3.05. The molecule has 0 N–H and O–H groups in total. The molecular formula is C23H26N2OSi. The van der Waals surface area contributed by atoms with Crippen LogP contribution in [-0.2, 0) is 6.37 Å². The van der Waals surface area contributed by atoms with Crippen LogP contribution in [0.5, 0.6) is 0 Å². The highest BCUT2D eigenvalue weighted by Gasteiger charge is 2.22. The van der Waals surface area contributed by atoms with Crippen LogP contribution in [-0.4, -0.2) is 18.0 Å². The average molecular weight is 377 g/mol. The van der Waals surface area contributed by atoms with Gasteiger partial charge in [0.1, 0.15) is 11.2 Å². The lowest BCUT2D eigenvalue weighted by molar-refractivity contribution is 0.648. The molecule has 0 radical (unpaired) electrons. The summed E-state index contributed by atoms with van der Waals surface area (Å²) in [5.41, 5.74) is 3.79. The summed E-state index contributed by atoms with van der Waals surface area (Å²) in [7, 11) is -1.78. The van der Waals surface area contributed by atoms with Gasteiger partial charge in [-0.05, 0) is 35.2 Å². The Morgan fingerprint density at radius 1 is 1.07 bits per heavy atom. The second-order valence-electron chi connectivity index (χ2n) is 8.33. The van der Waals surface area contributed by atoms with Gasteiger partial charge < -0.3 is 4.42 Å². The fraction of sp³-hybridized carbons (Fsp3) is 0.304. The lowest BCUT2D eigenvalue weighted by Gasteiger charge is -2.22. The molecule has 3 aromatic heterocycles. The Bertz CT molecular complexity index is 1210. The van der Waals surface area contributed by atoms with E-state index in [1.165, 1.54) is 0 Å². The molecule has 0 amide bonds. The summed E-state index contributed by atoms with van der Waals surface area (Å²) in [4.78, 5) is 9.16. The van der Waals surface area contributed by atoms with E-state index >= 15 is 0 Å². The number of aromatic nitrogens is 2. The van der Waals surface area contributed by atoms with E-state index in [9.17, 15) is 0 Å². The van der Waals surface area contributed by atoms with Gasteiger partial charge >= 0.3 is 0 Å². The highest BCUT2D eigenvalue weighted by Crippen LogP contribution is 2.34. The molecule has 0 aliphatic carbocycles. The van der Waals surface area contributed by atoms with Crippen LogP contribution >= 0.6 is 0 Å². The quantitative estimate of drug-likeness (QED) is 0.423. The Morgan fingerprint density at radius 3 is 2.59 bits per heavy atom. The predicted octanol–water partition coefficient (Wildman–Crippen LogP) is 5.79. The third kappa shape index (κ3) is 3.30. The number of nitrogens with zero attached hydrogens (tertiary/aromatic N) is 2. The summed E-state index contributed by atoms with van der Waals surface area (Å²) >= 11 is 0. The number of para-hydroxylation sites is 1. The van der Waals surface area contributed by atoms with Crippen LogP contribution in [0.4, 0.5) is 0 Å². The highest BCUT2D eigenvalue weighted by molar-refractivity contribution is 6.89. The SMILES string of the molecule is [2H]C([2H])(c1cc(-c2cncc3c2oc2ccccc23)ncc1[Si](C)(C)C)C(C)C. The lowest BCUT2D eigenvalue weighted by atomic mass is 10.0. The third-order valence-corrected chi connectivity index (χ3v) is 6.73. The molecule has 27 heavy (non-hydrogen) atoms. The van der Waals surface area contributed by atoms with E-state index in [1.807, 2.05) is 56.6 Å². The van der Waals surface area contributed by atoms with Crippen molar-refractivity contribution in [2.45, 2.75) is 39.9 Å². The first-order chi connectivity index (χ1) is 13.6. The van der Waals surface area contributed by atoms with Gasteiger partial charge in [-0.25, -0.2) is 0 Å². The van der Waals surface area contributed by atoms with Crippen LogP contribution in [0.25, 0.3) is 33.2 Å². The standard InChI is InChI=1S/C23H26N2OSi/c1-15(2)10-16-11-20(25-14-22(16)27(3,4)5)19-13-24-12-18-17-8-6-7-9-21(17)26-23(18)19/h6-9,11-15H,10H2,1-5H3/i10D2. The predicted molar refractivity (Wildman–Crippen MR) is 116 cm³/mol. The number of rotatable bonds is 4. The van der Waals surface area contributed by atoms with Gasteiger partial charge in [-0.2, -0.15) is 0 Å². The van der Waals surface area contributed by atoms with Gasteiger partial charge in [-0.1, -0.05) is 51.7 Å². The monoisotopic (exact) mass is 376 g/mol. The lowest BCUT2D eigenvalue weighted by Crippen LogP contribution is -2.40. The van der Waals surface area contributed by atoms with Crippen molar-refractivity contribution in [3.05, 3.63) is 54.5 Å². The fourth-order valence-corrected chi connectivity index (χ4v) is 4.86. The van der Waals surface area contributed by atoms with E-state index in [-0.39, 0.29) is 5.92 Å². The minimum atomic E-state index is -1.78. The van der Waals surface area contributed by atoms with Crippen molar-refractivity contribution in [1.82, 2.24) is 9.97 Å². The number of hydrogen-bond acceptors (Lipinski definition) is 3. The maximum atomic E-state index is 8.77.